The number of nitrogens with zero attached hydrogens (tertiary/aromatic N) is 1. The van der Waals surface area contributed by atoms with Gasteiger partial charge in [0.05, 0.1) is 18.0 Å². The average molecular weight is 382 g/mol. The van der Waals surface area contributed by atoms with Crippen molar-refractivity contribution in [2.75, 3.05) is 0 Å². The Labute approximate surface area is 171 Å². The summed E-state index contributed by atoms with van der Waals surface area (Å²) in [5.74, 6) is 3.48. The van der Waals surface area contributed by atoms with Crippen molar-refractivity contribution in [2.45, 2.75) is 89.4 Å². The third-order valence-corrected chi connectivity index (χ3v) is 7.38. The maximum atomic E-state index is 12.0. The van der Waals surface area contributed by atoms with Crippen LogP contribution < -0.4 is 0 Å². The van der Waals surface area contributed by atoms with Crippen LogP contribution in [0.15, 0.2) is 36.7 Å². The number of unbranched alkanes of at least 4 members (excludes halogenated alkanes) is 1. The van der Waals surface area contributed by atoms with Crippen molar-refractivity contribution in [2.24, 2.45) is 17.8 Å². The Kier molecular flexibility index (Phi) is 8.59. The van der Waals surface area contributed by atoms with Gasteiger partial charge in [0.2, 0.25) is 0 Å². The van der Waals surface area contributed by atoms with E-state index in [2.05, 4.69) is 18.2 Å². The molecule has 0 aromatic heterocycles. The van der Waals surface area contributed by atoms with Crippen LogP contribution in [0.3, 0.4) is 0 Å². The number of benzene rings is 1. The van der Waals surface area contributed by atoms with Gasteiger partial charge in [-0.25, -0.2) is 4.39 Å². The molecular formula is C26H36FN. The molecule has 3 rings (SSSR count). The van der Waals surface area contributed by atoms with Crippen LogP contribution in [0, 0.1) is 29.1 Å². The maximum absolute atomic E-state index is 12.0. The minimum absolute atomic E-state index is 0.689. The quantitative estimate of drug-likeness (QED) is 0.418. The first-order valence-electron chi connectivity index (χ1n) is 11.5. The molecule has 0 bridgehead atoms. The van der Waals surface area contributed by atoms with E-state index < -0.39 is 0 Å². The van der Waals surface area contributed by atoms with Crippen molar-refractivity contribution in [1.29, 1.82) is 5.26 Å². The van der Waals surface area contributed by atoms with E-state index >= 15 is 0 Å². The molecule has 28 heavy (non-hydrogen) atoms. The number of hydrogen-bond donors (Lipinski definition) is 0. The van der Waals surface area contributed by atoms with Gasteiger partial charge in [0.15, 0.2) is 0 Å². The van der Waals surface area contributed by atoms with Gasteiger partial charge in [0, 0.05) is 0 Å². The zero-order valence-electron chi connectivity index (χ0n) is 17.3. The molecule has 0 radical (unpaired) electrons. The van der Waals surface area contributed by atoms with Gasteiger partial charge in [-0.05, 0) is 79.9 Å². The van der Waals surface area contributed by atoms with Crippen LogP contribution in [0.2, 0.25) is 0 Å². The number of hydrogen-bond acceptors (Lipinski definition) is 1. The van der Waals surface area contributed by atoms with Gasteiger partial charge < -0.3 is 0 Å². The summed E-state index contributed by atoms with van der Waals surface area (Å²) in [4.78, 5) is 0. The summed E-state index contributed by atoms with van der Waals surface area (Å²) in [5.41, 5.74) is 2.20. The molecule has 2 fully saturated rings. The molecule has 0 saturated heterocycles. The lowest BCUT2D eigenvalue weighted by molar-refractivity contribution is 0.223. The van der Waals surface area contributed by atoms with E-state index in [1.165, 1.54) is 76.2 Å². The first-order chi connectivity index (χ1) is 13.8. The molecular weight excluding hydrogens is 345 g/mol. The van der Waals surface area contributed by atoms with Crippen molar-refractivity contribution in [3.63, 3.8) is 0 Å². The van der Waals surface area contributed by atoms with E-state index in [9.17, 15) is 4.39 Å². The van der Waals surface area contributed by atoms with Crippen molar-refractivity contribution in [3.05, 3.63) is 47.8 Å². The van der Waals surface area contributed by atoms with Crippen LogP contribution in [0.5, 0.6) is 0 Å². The lowest BCUT2D eigenvalue weighted by Gasteiger charge is -2.32. The Balaban J connectivity index is 1.30. The molecule has 0 amide bonds. The predicted octanol–water partition coefficient (Wildman–Crippen LogP) is 8.07. The van der Waals surface area contributed by atoms with Gasteiger partial charge >= 0.3 is 0 Å². The average Bonchev–Trinajstić information content (AvgIpc) is 2.76. The SMILES string of the molecule is N#Cc1ccc([C@H]2CC[C@H](CC[C@H]3CC[C@H](CCC/C=C/F)CC3)CC2)cc1. The summed E-state index contributed by atoms with van der Waals surface area (Å²) in [5, 5.41) is 8.95. The molecule has 152 valence electrons. The van der Waals surface area contributed by atoms with Crippen molar-refractivity contribution < 1.29 is 4.39 Å². The molecule has 2 heteroatoms. The largest absolute Gasteiger partial charge is 0.216 e. The summed E-state index contributed by atoms with van der Waals surface area (Å²) in [7, 11) is 0. The molecule has 2 aliphatic rings. The van der Waals surface area contributed by atoms with Gasteiger partial charge in [-0.1, -0.05) is 63.2 Å². The minimum atomic E-state index is 0.689. The van der Waals surface area contributed by atoms with Crippen LogP contribution in [0.1, 0.15) is 101 Å². The fraction of sp³-hybridized carbons (Fsp3) is 0.654. The topological polar surface area (TPSA) is 23.8 Å². The Bertz CT molecular complexity index is 625. The molecule has 2 saturated carbocycles. The molecule has 1 nitrogen and oxygen atoms in total. The van der Waals surface area contributed by atoms with Gasteiger partial charge in [-0.3, -0.25) is 0 Å². The molecule has 0 aliphatic heterocycles. The Morgan fingerprint density at radius 1 is 0.821 bits per heavy atom. The minimum Gasteiger partial charge on any atom is -0.216 e. The molecule has 0 heterocycles. The third-order valence-electron chi connectivity index (χ3n) is 7.38. The highest BCUT2D eigenvalue weighted by atomic mass is 19.1. The molecule has 0 unspecified atom stereocenters. The van der Waals surface area contributed by atoms with E-state index in [0.29, 0.717) is 12.2 Å². The second-order valence-corrected chi connectivity index (χ2v) is 9.21. The van der Waals surface area contributed by atoms with E-state index in [-0.39, 0.29) is 0 Å². The summed E-state index contributed by atoms with van der Waals surface area (Å²) >= 11 is 0. The van der Waals surface area contributed by atoms with Crippen LogP contribution in [0.4, 0.5) is 4.39 Å². The van der Waals surface area contributed by atoms with Crippen molar-refractivity contribution >= 4 is 0 Å². The van der Waals surface area contributed by atoms with Crippen LogP contribution >= 0.6 is 0 Å². The van der Waals surface area contributed by atoms with E-state index in [4.69, 9.17) is 5.26 Å². The van der Waals surface area contributed by atoms with Crippen molar-refractivity contribution in [1.82, 2.24) is 0 Å². The highest BCUT2D eigenvalue weighted by molar-refractivity contribution is 5.33. The summed E-state index contributed by atoms with van der Waals surface area (Å²) < 4.78 is 12.0. The highest BCUT2D eigenvalue weighted by Gasteiger charge is 2.25. The summed E-state index contributed by atoms with van der Waals surface area (Å²) in [6, 6.07) is 10.5. The fourth-order valence-electron chi connectivity index (χ4n) is 5.48. The van der Waals surface area contributed by atoms with E-state index in [1.54, 1.807) is 6.08 Å². The lowest BCUT2D eigenvalue weighted by Crippen LogP contribution is -2.17. The van der Waals surface area contributed by atoms with Gasteiger partial charge in [-0.2, -0.15) is 5.26 Å². The molecule has 1 aromatic carbocycles. The molecule has 2 aliphatic carbocycles. The lowest BCUT2D eigenvalue weighted by atomic mass is 9.74. The summed E-state index contributed by atoms with van der Waals surface area (Å²) in [6.07, 6.45) is 19.6. The van der Waals surface area contributed by atoms with Crippen LogP contribution in [-0.4, -0.2) is 0 Å². The zero-order valence-corrected chi connectivity index (χ0v) is 17.3. The van der Waals surface area contributed by atoms with Crippen molar-refractivity contribution in [3.8, 4) is 6.07 Å². The highest BCUT2D eigenvalue weighted by Crippen LogP contribution is 2.40. The van der Waals surface area contributed by atoms with Crippen LogP contribution in [-0.2, 0) is 0 Å². The molecule has 1 aromatic rings. The molecule has 0 N–H and O–H groups in total. The number of rotatable bonds is 8. The molecule has 0 atom stereocenters. The third kappa shape index (κ3) is 6.47. The predicted molar refractivity (Wildman–Crippen MR) is 115 cm³/mol. The smallest absolute Gasteiger partial charge is 0.0991 e. The monoisotopic (exact) mass is 381 g/mol. The zero-order chi connectivity index (χ0) is 19.6. The number of nitriles is 1. The maximum Gasteiger partial charge on any atom is 0.0991 e. The van der Waals surface area contributed by atoms with E-state index in [1.807, 2.05) is 12.1 Å². The first-order valence-corrected chi connectivity index (χ1v) is 11.5. The van der Waals surface area contributed by atoms with Crippen LogP contribution in [0.25, 0.3) is 0 Å². The Morgan fingerprint density at radius 2 is 1.36 bits per heavy atom. The normalized spacial score (nSPS) is 28.3. The van der Waals surface area contributed by atoms with Gasteiger partial charge in [-0.15, -0.1) is 0 Å². The number of allylic oxidation sites excluding steroid dienone is 1. The second kappa shape index (κ2) is 11.4. The van der Waals surface area contributed by atoms with Gasteiger partial charge in [0.1, 0.15) is 0 Å². The standard InChI is InChI=1S/C26H36FN/c27-19-3-1-2-4-21-5-7-22(8-6-21)9-10-23-11-15-25(16-12-23)26-17-13-24(20-28)14-18-26/h3,13-14,17-19,21-23,25H,1-2,4-12,15-16H2/b19-3+/t21-,22-,23-,25-. The van der Waals surface area contributed by atoms with Gasteiger partial charge in [0.25, 0.3) is 0 Å². The van der Waals surface area contributed by atoms with E-state index in [0.717, 1.165) is 36.2 Å². The number of halogens is 1. The Morgan fingerprint density at radius 3 is 1.89 bits per heavy atom. The Hall–Kier alpha value is -1.62. The molecule has 0 spiro atoms. The fourth-order valence-corrected chi connectivity index (χ4v) is 5.48. The summed E-state index contributed by atoms with van der Waals surface area (Å²) in [6.45, 7) is 0. The second-order valence-electron chi connectivity index (χ2n) is 9.21. The first kappa shape index (κ1) is 21.1.